The highest BCUT2D eigenvalue weighted by Crippen LogP contribution is 2.19. The third-order valence-corrected chi connectivity index (χ3v) is 2.78. The van der Waals surface area contributed by atoms with Crippen LogP contribution in [0.2, 0.25) is 5.02 Å². The van der Waals surface area contributed by atoms with E-state index in [0.717, 1.165) is 6.42 Å². The van der Waals surface area contributed by atoms with Crippen molar-refractivity contribution in [3.8, 4) is 0 Å². The van der Waals surface area contributed by atoms with Gasteiger partial charge in [-0.3, -0.25) is 0 Å². The summed E-state index contributed by atoms with van der Waals surface area (Å²) in [6, 6.07) is 1.36. The van der Waals surface area contributed by atoms with Crippen LogP contribution in [0.15, 0.2) is 12.3 Å². The summed E-state index contributed by atoms with van der Waals surface area (Å²) in [6.07, 6.45) is 2.19. The number of aromatic nitrogens is 1. The molecule has 0 fully saturated rings. The maximum atomic E-state index is 13.5. The summed E-state index contributed by atoms with van der Waals surface area (Å²) in [5.74, 6) is 0.682. The Morgan fingerprint density at radius 3 is 2.69 bits per heavy atom. The molecule has 0 aliphatic carbocycles. The van der Waals surface area contributed by atoms with Crippen molar-refractivity contribution in [2.45, 2.75) is 26.3 Å². The summed E-state index contributed by atoms with van der Waals surface area (Å²) in [6.45, 7) is 4.11. The summed E-state index contributed by atoms with van der Waals surface area (Å²) < 4.78 is 13.5. The molecule has 1 aromatic heterocycles. The Morgan fingerprint density at radius 2 is 2.19 bits per heavy atom. The van der Waals surface area contributed by atoms with Crippen molar-refractivity contribution in [3.05, 3.63) is 23.1 Å². The number of hydrogen-bond acceptors (Lipinski definition) is 2. The van der Waals surface area contributed by atoms with Crippen molar-refractivity contribution in [2.75, 3.05) is 11.2 Å². The summed E-state index contributed by atoms with van der Waals surface area (Å²) in [7, 11) is 0. The second-order valence-corrected chi connectivity index (χ2v) is 4.77. The van der Waals surface area contributed by atoms with Gasteiger partial charge in [0.05, 0.1) is 5.02 Å². The van der Waals surface area contributed by atoms with E-state index in [1.54, 1.807) is 0 Å². The molecule has 0 bridgehead atoms. The number of nitrogens with zero attached hydrogens (tertiary/aromatic N) is 1. The SMILES string of the molecule is CC(C)C(CCCl)Nc1ncc(Cl)cc1F. The lowest BCUT2D eigenvalue weighted by atomic mass is 10.0. The molecule has 1 unspecified atom stereocenters. The van der Waals surface area contributed by atoms with Crippen LogP contribution in [0.1, 0.15) is 20.3 Å². The van der Waals surface area contributed by atoms with Crippen LogP contribution < -0.4 is 5.32 Å². The molecule has 16 heavy (non-hydrogen) atoms. The number of nitrogens with one attached hydrogen (secondary N) is 1. The van der Waals surface area contributed by atoms with Crippen LogP contribution in [0.3, 0.4) is 0 Å². The van der Waals surface area contributed by atoms with Gasteiger partial charge in [0.15, 0.2) is 11.6 Å². The zero-order valence-corrected chi connectivity index (χ0v) is 10.8. The Bertz CT molecular complexity index is 345. The molecule has 0 saturated carbocycles. The summed E-state index contributed by atoms with van der Waals surface area (Å²) >= 11 is 11.3. The standard InChI is InChI=1S/C11H15Cl2FN2/c1-7(2)10(3-4-12)16-11-9(14)5-8(13)6-15-11/h5-7,10H,3-4H2,1-2H3,(H,15,16). The van der Waals surface area contributed by atoms with Gasteiger partial charge in [0.1, 0.15) is 0 Å². The molecule has 0 saturated heterocycles. The number of anilines is 1. The fourth-order valence-electron chi connectivity index (χ4n) is 1.39. The number of alkyl halides is 1. The van der Waals surface area contributed by atoms with Crippen molar-refractivity contribution in [3.63, 3.8) is 0 Å². The Hall–Kier alpha value is -0.540. The van der Waals surface area contributed by atoms with Crippen LogP contribution in [0.4, 0.5) is 10.2 Å². The fraction of sp³-hybridized carbons (Fsp3) is 0.545. The van der Waals surface area contributed by atoms with Gasteiger partial charge in [-0.1, -0.05) is 25.4 Å². The van der Waals surface area contributed by atoms with Gasteiger partial charge in [-0.05, 0) is 18.4 Å². The Kier molecular flexibility index (Phi) is 5.29. The number of rotatable bonds is 5. The predicted octanol–water partition coefficient (Wildman–Crippen LogP) is 3.94. The minimum absolute atomic E-state index is 0.112. The molecule has 1 aromatic rings. The second-order valence-electron chi connectivity index (χ2n) is 3.96. The van der Waals surface area contributed by atoms with E-state index >= 15 is 0 Å². The van der Waals surface area contributed by atoms with E-state index < -0.39 is 5.82 Å². The van der Waals surface area contributed by atoms with Crippen LogP contribution in [-0.2, 0) is 0 Å². The number of pyridine rings is 1. The first-order valence-electron chi connectivity index (χ1n) is 5.18. The highest BCUT2D eigenvalue weighted by molar-refractivity contribution is 6.30. The average Bonchev–Trinajstić information content (AvgIpc) is 2.20. The van der Waals surface area contributed by atoms with Gasteiger partial charge in [0.2, 0.25) is 0 Å². The lowest BCUT2D eigenvalue weighted by Gasteiger charge is -2.22. The summed E-state index contributed by atoms with van der Waals surface area (Å²) in [5, 5.41) is 3.34. The molecule has 1 rings (SSSR count). The summed E-state index contributed by atoms with van der Waals surface area (Å²) in [4.78, 5) is 3.92. The normalized spacial score (nSPS) is 12.9. The third-order valence-electron chi connectivity index (χ3n) is 2.35. The van der Waals surface area contributed by atoms with Crippen LogP contribution in [-0.4, -0.2) is 16.9 Å². The number of halogens is 3. The molecule has 0 spiro atoms. The maximum Gasteiger partial charge on any atom is 0.166 e. The Labute approximate surface area is 105 Å². The fourth-order valence-corrected chi connectivity index (χ4v) is 1.77. The lowest BCUT2D eigenvalue weighted by molar-refractivity contribution is 0.506. The summed E-state index contributed by atoms with van der Waals surface area (Å²) in [5.41, 5.74) is 0. The zero-order valence-electron chi connectivity index (χ0n) is 9.30. The van der Waals surface area contributed by atoms with Crippen LogP contribution in [0.25, 0.3) is 0 Å². The molecule has 0 aliphatic rings. The predicted molar refractivity (Wildman–Crippen MR) is 66.8 cm³/mol. The van der Waals surface area contributed by atoms with Gasteiger partial charge in [-0.15, -0.1) is 11.6 Å². The molecule has 1 N–H and O–H groups in total. The molecule has 0 amide bonds. The van der Waals surface area contributed by atoms with Crippen LogP contribution >= 0.6 is 23.2 Å². The van der Waals surface area contributed by atoms with Crippen molar-refractivity contribution >= 4 is 29.0 Å². The van der Waals surface area contributed by atoms with Crippen molar-refractivity contribution in [1.82, 2.24) is 4.98 Å². The van der Waals surface area contributed by atoms with Crippen molar-refractivity contribution in [1.29, 1.82) is 0 Å². The van der Waals surface area contributed by atoms with Crippen LogP contribution in [0, 0.1) is 11.7 Å². The Morgan fingerprint density at radius 1 is 1.50 bits per heavy atom. The van der Waals surface area contributed by atoms with E-state index in [-0.39, 0.29) is 11.9 Å². The lowest BCUT2D eigenvalue weighted by Crippen LogP contribution is -2.27. The van der Waals surface area contributed by atoms with Crippen molar-refractivity contribution in [2.24, 2.45) is 5.92 Å². The Balaban J connectivity index is 2.77. The van der Waals surface area contributed by atoms with E-state index in [4.69, 9.17) is 23.2 Å². The van der Waals surface area contributed by atoms with E-state index in [1.807, 2.05) is 0 Å². The first-order chi connectivity index (χ1) is 7.54. The van der Waals surface area contributed by atoms with Crippen LogP contribution in [0.5, 0.6) is 0 Å². The zero-order chi connectivity index (χ0) is 12.1. The molecular weight excluding hydrogens is 250 g/mol. The minimum Gasteiger partial charge on any atom is -0.365 e. The molecule has 0 aliphatic heterocycles. The first-order valence-corrected chi connectivity index (χ1v) is 6.09. The van der Waals surface area contributed by atoms with Gasteiger partial charge in [0.25, 0.3) is 0 Å². The van der Waals surface area contributed by atoms with Gasteiger partial charge in [-0.2, -0.15) is 0 Å². The molecule has 1 atom stereocenters. The average molecular weight is 265 g/mol. The molecule has 0 aromatic carbocycles. The molecule has 1 heterocycles. The van der Waals surface area contributed by atoms with Gasteiger partial charge in [-0.25, -0.2) is 9.37 Å². The van der Waals surface area contributed by atoms with Crippen molar-refractivity contribution < 1.29 is 4.39 Å². The monoisotopic (exact) mass is 264 g/mol. The quantitative estimate of drug-likeness (QED) is 0.815. The topological polar surface area (TPSA) is 24.9 Å². The highest BCUT2D eigenvalue weighted by Gasteiger charge is 2.15. The third kappa shape index (κ3) is 3.80. The van der Waals surface area contributed by atoms with E-state index in [2.05, 4.69) is 24.1 Å². The maximum absolute atomic E-state index is 13.5. The van der Waals surface area contributed by atoms with Gasteiger partial charge in [0, 0.05) is 18.1 Å². The minimum atomic E-state index is -0.437. The first kappa shape index (κ1) is 13.5. The van der Waals surface area contributed by atoms with Gasteiger partial charge >= 0.3 is 0 Å². The van der Waals surface area contributed by atoms with E-state index in [1.165, 1.54) is 12.3 Å². The molecule has 90 valence electrons. The van der Waals surface area contributed by atoms with E-state index in [9.17, 15) is 4.39 Å². The smallest absolute Gasteiger partial charge is 0.166 e. The van der Waals surface area contributed by atoms with Gasteiger partial charge < -0.3 is 5.32 Å². The molecule has 0 radical (unpaired) electrons. The number of hydrogen-bond donors (Lipinski definition) is 1. The molecule has 5 heteroatoms. The second kappa shape index (κ2) is 6.26. The molecular formula is C11H15Cl2FN2. The largest absolute Gasteiger partial charge is 0.365 e. The van der Waals surface area contributed by atoms with E-state index in [0.29, 0.717) is 16.8 Å². The molecule has 2 nitrogen and oxygen atoms in total. The highest BCUT2D eigenvalue weighted by atomic mass is 35.5.